The fourth-order valence-corrected chi connectivity index (χ4v) is 3.42. The Morgan fingerprint density at radius 2 is 1.53 bits per heavy atom. The molecule has 0 atom stereocenters. The highest BCUT2D eigenvalue weighted by Crippen LogP contribution is 2.41. The zero-order valence-corrected chi connectivity index (χ0v) is 11.3. The van der Waals surface area contributed by atoms with Gasteiger partial charge in [-0.1, -0.05) is 6.92 Å². The van der Waals surface area contributed by atoms with E-state index in [0.29, 0.717) is 0 Å². The smallest absolute Gasteiger partial charge is 0.0614 e. The van der Waals surface area contributed by atoms with Crippen molar-refractivity contribution in [2.24, 2.45) is 0 Å². The van der Waals surface area contributed by atoms with E-state index in [9.17, 15) is 0 Å². The highest BCUT2D eigenvalue weighted by molar-refractivity contribution is 7.99. The van der Waals surface area contributed by atoms with Crippen LogP contribution in [0.5, 0.6) is 0 Å². The Bertz CT molecular complexity index is 376. The van der Waals surface area contributed by atoms with Crippen LogP contribution in [0.4, 0.5) is 11.4 Å². The van der Waals surface area contributed by atoms with Crippen LogP contribution in [0.1, 0.15) is 18.1 Å². The third kappa shape index (κ3) is 2.06. The number of thioether (sulfide) groups is 2. The zero-order valence-electron chi connectivity index (χ0n) is 9.68. The first kappa shape index (κ1) is 12.6. The van der Waals surface area contributed by atoms with Crippen LogP contribution in [-0.2, 0) is 6.42 Å². The van der Waals surface area contributed by atoms with Gasteiger partial charge >= 0.3 is 0 Å². The second kappa shape index (κ2) is 5.03. The Balaban J connectivity index is 3.57. The van der Waals surface area contributed by atoms with Crippen molar-refractivity contribution in [1.82, 2.24) is 0 Å². The molecule has 84 valence electrons. The molecular formula is C11H18N2S2. The molecule has 4 heteroatoms. The van der Waals surface area contributed by atoms with Crippen molar-refractivity contribution in [1.29, 1.82) is 0 Å². The molecule has 0 saturated heterocycles. The molecule has 0 saturated carbocycles. The Labute approximate surface area is 100 Å². The average Bonchev–Trinajstić information content (AvgIpc) is 2.23. The van der Waals surface area contributed by atoms with Crippen LogP contribution >= 0.6 is 23.5 Å². The van der Waals surface area contributed by atoms with Crippen LogP contribution in [0.3, 0.4) is 0 Å². The molecule has 4 N–H and O–H groups in total. The van der Waals surface area contributed by atoms with Crippen LogP contribution in [-0.4, -0.2) is 12.5 Å². The summed E-state index contributed by atoms with van der Waals surface area (Å²) in [6.45, 7) is 4.22. The van der Waals surface area contributed by atoms with Gasteiger partial charge in [0, 0.05) is 4.90 Å². The van der Waals surface area contributed by atoms with Crippen molar-refractivity contribution >= 4 is 34.9 Å². The molecule has 0 amide bonds. The SMILES string of the molecule is CCc1c(C)c(N)c(SC)c(N)c1SC. The zero-order chi connectivity index (χ0) is 11.6. The Hall–Kier alpha value is -0.480. The van der Waals surface area contributed by atoms with E-state index >= 15 is 0 Å². The summed E-state index contributed by atoms with van der Waals surface area (Å²) in [5, 5.41) is 0. The minimum atomic E-state index is 0.842. The van der Waals surface area contributed by atoms with Crippen molar-refractivity contribution in [3.63, 3.8) is 0 Å². The van der Waals surface area contributed by atoms with Gasteiger partial charge < -0.3 is 11.5 Å². The number of anilines is 2. The van der Waals surface area contributed by atoms with Crippen LogP contribution in [0.2, 0.25) is 0 Å². The fraction of sp³-hybridized carbons (Fsp3) is 0.455. The predicted octanol–water partition coefficient (Wildman–Crippen LogP) is 3.17. The molecule has 0 aliphatic rings. The molecule has 0 unspecified atom stereocenters. The van der Waals surface area contributed by atoms with E-state index in [1.54, 1.807) is 23.5 Å². The first-order valence-electron chi connectivity index (χ1n) is 4.86. The molecule has 1 aromatic carbocycles. The monoisotopic (exact) mass is 242 g/mol. The van der Waals surface area contributed by atoms with Gasteiger partial charge in [0.1, 0.15) is 0 Å². The summed E-state index contributed by atoms with van der Waals surface area (Å²) in [5.74, 6) is 0. The van der Waals surface area contributed by atoms with Gasteiger partial charge in [0.05, 0.1) is 16.3 Å². The Kier molecular flexibility index (Phi) is 4.22. The number of nitrogens with two attached hydrogens (primary N) is 2. The van der Waals surface area contributed by atoms with E-state index in [2.05, 4.69) is 20.1 Å². The molecule has 0 aliphatic heterocycles. The molecule has 0 radical (unpaired) electrons. The van der Waals surface area contributed by atoms with Crippen molar-refractivity contribution < 1.29 is 0 Å². The molecule has 0 aromatic heterocycles. The molecule has 0 bridgehead atoms. The van der Waals surface area contributed by atoms with E-state index in [1.807, 2.05) is 6.26 Å². The molecule has 0 fully saturated rings. The maximum atomic E-state index is 6.13. The second-order valence-electron chi connectivity index (χ2n) is 3.35. The minimum Gasteiger partial charge on any atom is -0.398 e. The Morgan fingerprint density at radius 1 is 1.00 bits per heavy atom. The number of hydrogen-bond acceptors (Lipinski definition) is 4. The van der Waals surface area contributed by atoms with Gasteiger partial charge in [0.25, 0.3) is 0 Å². The summed E-state index contributed by atoms with van der Waals surface area (Å²) >= 11 is 3.33. The average molecular weight is 242 g/mol. The van der Waals surface area contributed by atoms with Crippen LogP contribution in [0, 0.1) is 6.92 Å². The highest BCUT2D eigenvalue weighted by atomic mass is 32.2. The summed E-state index contributed by atoms with van der Waals surface area (Å²) < 4.78 is 0. The predicted molar refractivity (Wildman–Crippen MR) is 72.9 cm³/mol. The van der Waals surface area contributed by atoms with Crippen LogP contribution in [0.15, 0.2) is 9.79 Å². The molecule has 0 heterocycles. The van der Waals surface area contributed by atoms with Crippen molar-refractivity contribution in [2.75, 3.05) is 24.0 Å². The molecule has 0 aliphatic carbocycles. The van der Waals surface area contributed by atoms with E-state index in [1.165, 1.54) is 16.0 Å². The van der Waals surface area contributed by atoms with Gasteiger partial charge in [-0.15, -0.1) is 23.5 Å². The molecule has 0 spiro atoms. The van der Waals surface area contributed by atoms with Crippen molar-refractivity contribution in [2.45, 2.75) is 30.1 Å². The summed E-state index contributed by atoms with van der Waals surface area (Å²) in [6.07, 6.45) is 5.05. The fourth-order valence-electron chi connectivity index (χ4n) is 1.79. The molecule has 15 heavy (non-hydrogen) atoms. The lowest BCUT2D eigenvalue weighted by Crippen LogP contribution is -2.04. The van der Waals surface area contributed by atoms with Crippen molar-refractivity contribution in [3.05, 3.63) is 11.1 Å². The Morgan fingerprint density at radius 3 is 1.93 bits per heavy atom. The number of benzene rings is 1. The lowest BCUT2D eigenvalue weighted by Gasteiger charge is -2.18. The maximum absolute atomic E-state index is 6.13. The first-order chi connectivity index (χ1) is 7.08. The number of hydrogen-bond donors (Lipinski definition) is 2. The third-order valence-electron chi connectivity index (χ3n) is 2.63. The summed E-state index contributed by atoms with van der Waals surface area (Å²) in [4.78, 5) is 2.21. The standard InChI is InChI=1S/C11H18N2S2/c1-5-7-6(2)8(12)11(15-4)9(13)10(7)14-3/h5,12-13H2,1-4H3. The van der Waals surface area contributed by atoms with Gasteiger partial charge in [0.2, 0.25) is 0 Å². The summed E-state index contributed by atoms with van der Waals surface area (Å²) in [6, 6.07) is 0. The van der Waals surface area contributed by atoms with E-state index in [-0.39, 0.29) is 0 Å². The van der Waals surface area contributed by atoms with Gasteiger partial charge in [0.15, 0.2) is 0 Å². The molecular weight excluding hydrogens is 224 g/mol. The molecule has 1 rings (SSSR count). The number of rotatable bonds is 3. The quantitative estimate of drug-likeness (QED) is 0.631. The third-order valence-corrected chi connectivity index (χ3v) is 4.35. The lowest BCUT2D eigenvalue weighted by atomic mass is 10.0. The van der Waals surface area contributed by atoms with Gasteiger partial charge in [-0.3, -0.25) is 0 Å². The minimum absolute atomic E-state index is 0.842. The molecule has 2 nitrogen and oxygen atoms in total. The summed E-state index contributed by atoms with van der Waals surface area (Å²) in [7, 11) is 0. The first-order valence-corrected chi connectivity index (χ1v) is 7.31. The van der Waals surface area contributed by atoms with Gasteiger partial charge in [-0.05, 0) is 37.0 Å². The topological polar surface area (TPSA) is 52.0 Å². The van der Waals surface area contributed by atoms with Gasteiger partial charge in [-0.25, -0.2) is 0 Å². The number of nitrogen functional groups attached to an aromatic ring is 2. The normalized spacial score (nSPS) is 10.7. The van der Waals surface area contributed by atoms with Gasteiger partial charge in [-0.2, -0.15) is 0 Å². The van der Waals surface area contributed by atoms with Crippen molar-refractivity contribution in [3.8, 4) is 0 Å². The summed E-state index contributed by atoms with van der Waals surface area (Å²) in [5.41, 5.74) is 16.4. The molecule has 1 aromatic rings. The maximum Gasteiger partial charge on any atom is 0.0614 e. The van der Waals surface area contributed by atoms with Crippen LogP contribution < -0.4 is 11.5 Å². The van der Waals surface area contributed by atoms with Crippen LogP contribution in [0.25, 0.3) is 0 Å². The van der Waals surface area contributed by atoms with E-state index in [4.69, 9.17) is 11.5 Å². The van der Waals surface area contributed by atoms with E-state index in [0.717, 1.165) is 22.7 Å². The lowest BCUT2D eigenvalue weighted by molar-refractivity contribution is 1.05. The largest absolute Gasteiger partial charge is 0.398 e. The highest BCUT2D eigenvalue weighted by Gasteiger charge is 2.16. The van der Waals surface area contributed by atoms with E-state index < -0.39 is 0 Å². The second-order valence-corrected chi connectivity index (χ2v) is 4.98.